The van der Waals surface area contributed by atoms with E-state index in [9.17, 15) is 18.0 Å². The number of hydrogen-bond acceptors (Lipinski definition) is 6. The van der Waals surface area contributed by atoms with Gasteiger partial charge in [0.15, 0.2) is 5.96 Å². The SMILES string of the molecule is CS(=O)(=O)N1CCC([C@H]2C[C@@H](c3nc(-c4ccc(NC(=O)O)cc4)c(Cl)[nH]3)N(C(=O)C3CCN(C(=N)N)CC3)C2)CC1.Cl.Cl. The zero-order chi connectivity index (χ0) is 30.2. The summed E-state index contributed by atoms with van der Waals surface area (Å²) in [5, 5.41) is 19.3. The highest BCUT2D eigenvalue weighted by molar-refractivity contribution is 7.88. The van der Waals surface area contributed by atoms with E-state index < -0.39 is 16.1 Å². The fourth-order valence-corrected chi connectivity index (χ4v) is 7.67. The van der Waals surface area contributed by atoms with Crippen LogP contribution in [-0.4, -0.2) is 94.5 Å². The van der Waals surface area contributed by atoms with Crippen LogP contribution in [0.3, 0.4) is 0 Å². The number of carbonyl (C=O) groups is 2. The van der Waals surface area contributed by atoms with Crippen LogP contribution in [0.15, 0.2) is 24.3 Å². The Hall–Kier alpha value is -2.78. The van der Waals surface area contributed by atoms with Crippen LogP contribution in [0.1, 0.15) is 44.0 Å². The summed E-state index contributed by atoms with van der Waals surface area (Å²) in [6.07, 6.45) is 3.48. The van der Waals surface area contributed by atoms with Crippen molar-refractivity contribution >= 4 is 70.1 Å². The summed E-state index contributed by atoms with van der Waals surface area (Å²) in [4.78, 5) is 36.6. The van der Waals surface area contributed by atoms with Gasteiger partial charge in [-0.1, -0.05) is 23.7 Å². The minimum atomic E-state index is -3.23. The van der Waals surface area contributed by atoms with Gasteiger partial charge in [0.25, 0.3) is 0 Å². The molecule has 13 nitrogen and oxygen atoms in total. The van der Waals surface area contributed by atoms with E-state index in [-0.39, 0.29) is 60.5 Å². The number of benzene rings is 1. The molecule has 244 valence electrons. The second-order valence-electron chi connectivity index (χ2n) is 11.4. The van der Waals surface area contributed by atoms with E-state index in [2.05, 4.69) is 10.3 Å². The number of H-pyrrole nitrogens is 1. The van der Waals surface area contributed by atoms with E-state index in [1.54, 1.807) is 29.2 Å². The number of carbonyl (C=O) groups excluding carboxylic acids is 1. The standard InChI is InChI=1S/C27H37ClN8O5S.2ClH/c1-42(40,41)35-12-8-16(9-13-35)19-14-21(36(15-19)25(37)18-6-10-34(11-7-18)26(29)30)24-32-22(23(28)33-24)17-2-4-20(5-3-17)31-27(38)39;;/h2-5,16,18-19,21,31H,6-15H2,1H3,(H3,29,30)(H,32,33)(H,38,39);2*1H/t19-,21-;;/m0../s1. The third kappa shape index (κ3) is 7.89. The van der Waals surface area contributed by atoms with E-state index in [1.165, 1.54) is 10.6 Å². The monoisotopic (exact) mass is 692 g/mol. The summed E-state index contributed by atoms with van der Waals surface area (Å²) in [7, 11) is -3.23. The Kier molecular flexibility index (Phi) is 11.8. The van der Waals surface area contributed by atoms with Crippen LogP contribution in [0.5, 0.6) is 0 Å². The molecular weight excluding hydrogens is 655 g/mol. The third-order valence-corrected chi connectivity index (χ3v) is 10.4. The average molecular weight is 694 g/mol. The van der Waals surface area contributed by atoms with Crippen LogP contribution < -0.4 is 11.1 Å². The van der Waals surface area contributed by atoms with Gasteiger partial charge >= 0.3 is 6.09 Å². The molecule has 6 N–H and O–H groups in total. The van der Waals surface area contributed by atoms with Crippen LogP contribution in [0.4, 0.5) is 10.5 Å². The fourth-order valence-electron chi connectivity index (χ4n) is 6.55. The molecule has 0 spiro atoms. The minimum Gasteiger partial charge on any atom is -0.465 e. The molecule has 0 aliphatic carbocycles. The fraction of sp³-hybridized carbons (Fsp3) is 0.556. The molecule has 1 aromatic heterocycles. The van der Waals surface area contributed by atoms with Crippen LogP contribution in [0.25, 0.3) is 11.3 Å². The predicted molar refractivity (Wildman–Crippen MR) is 173 cm³/mol. The van der Waals surface area contributed by atoms with Gasteiger partial charge in [-0.2, -0.15) is 0 Å². The van der Waals surface area contributed by atoms with E-state index in [1.807, 2.05) is 4.90 Å². The van der Waals surface area contributed by atoms with Gasteiger partial charge in [0.1, 0.15) is 16.7 Å². The highest BCUT2D eigenvalue weighted by Gasteiger charge is 2.44. The van der Waals surface area contributed by atoms with Gasteiger partial charge in [-0.15, -0.1) is 24.8 Å². The van der Waals surface area contributed by atoms with Gasteiger partial charge in [-0.25, -0.2) is 22.5 Å². The van der Waals surface area contributed by atoms with Crippen LogP contribution in [0, 0.1) is 23.2 Å². The zero-order valence-corrected chi connectivity index (χ0v) is 27.4. The number of carboxylic acid groups (broad SMARTS) is 1. The van der Waals surface area contributed by atoms with Crippen molar-refractivity contribution in [3.05, 3.63) is 35.2 Å². The molecule has 2 atom stereocenters. The Morgan fingerprint density at radius 3 is 2.23 bits per heavy atom. The first-order valence-electron chi connectivity index (χ1n) is 14.1. The van der Waals surface area contributed by atoms with Crippen molar-refractivity contribution in [3.8, 4) is 11.3 Å². The first kappa shape index (κ1) is 35.7. The van der Waals surface area contributed by atoms with Crippen molar-refractivity contribution in [2.75, 3.05) is 44.3 Å². The number of likely N-dealkylation sites (tertiary alicyclic amines) is 2. The van der Waals surface area contributed by atoms with Gasteiger partial charge in [-0.05, 0) is 56.1 Å². The summed E-state index contributed by atoms with van der Waals surface area (Å²) in [6.45, 7) is 2.63. The Balaban J connectivity index is 0.00000264. The molecule has 0 radical (unpaired) electrons. The average Bonchev–Trinajstić information content (AvgIpc) is 3.56. The van der Waals surface area contributed by atoms with Crippen molar-refractivity contribution in [1.82, 2.24) is 24.1 Å². The molecule has 5 rings (SSSR count). The van der Waals surface area contributed by atoms with E-state index in [4.69, 9.17) is 32.8 Å². The maximum atomic E-state index is 14.0. The Morgan fingerprint density at radius 1 is 1.07 bits per heavy atom. The highest BCUT2D eigenvalue weighted by atomic mass is 35.5. The quantitative estimate of drug-likeness (QED) is 0.223. The number of aromatic nitrogens is 2. The minimum absolute atomic E-state index is 0. The van der Waals surface area contributed by atoms with E-state index in [0.717, 1.165) is 12.8 Å². The normalized spacial score (nSPS) is 21.8. The summed E-state index contributed by atoms with van der Waals surface area (Å²) in [5.41, 5.74) is 7.30. The van der Waals surface area contributed by atoms with Crippen LogP contribution >= 0.6 is 36.4 Å². The third-order valence-electron chi connectivity index (χ3n) is 8.84. The summed E-state index contributed by atoms with van der Waals surface area (Å²) in [6, 6.07) is 6.41. The van der Waals surface area contributed by atoms with Gasteiger partial charge < -0.3 is 25.6 Å². The maximum absolute atomic E-state index is 14.0. The predicted octanol–water partition coefficient (Wildman–Crippen LogP) is 3.83. The molecule has 0 bridgehead atoms. The molecule has 1 aromatic carbocycles. The van der Waals surface area contributed by atoms with Crippen molar-refractivity contribution in [2.24, 2.45) is 23.5 Å². The number of imidazole rings is 1. The van der Waals surface area contributed by atoms with Crippen molar-refractivity contribution in [1.29, 1.82) is 5.41 Å². The second kappa shape index (κ2) is 14.5. The molecule has 0 unspecified atom stereocenters. The van der Waals surface area contributed by atoms with Gasteiger partial charge in [-0.3, -0.25) is 15.5 Å². The molecule has 0 saturated carbocycles. The number of anilines is 1. The van der Waals surface area contributed by atoms with Crippen LogP contribution in [-0.2, 0) is 14.8 Å². The molecule has 17 heteroatoms. The molecule has 4 heterocycles. The number of hydrogen-bond donors (Lipinski definition) is 5. The van der Waals surface area contributed by atoms with Crippen molar-refractivity contribution in [2.45, 2.75) is 38.1 Å². The number of sulfonamides is 1. The molecular formula is C27H39Cl3N8O5S. The molecule has 3 aliphatic heterocycles. The number of nitrogens with one attached hydrogen (secondary N) is 3. The largest absolute Gasteiger partial charge is 0.465 e. The number of amides is 2. The van der Waals surface area contributed by atoms with E-state index >= 15 is 0 Å². The number of halogens is 3. The summed E-state index contributed by atoms with van der Waals surface area (Å²) < 4.78 is 25.6. The molecule has 44 heavy (non-hydrogen) atoms. The molecule has 3 aliphatic rings. The second-order valence-corrected chi connectivity index (χ2v) is 13.8. The number of piperidine rings is 2. The smallest absolute Gasteiger partial charge is 0.409 e. The lowest BCUT2D eigenvalue weighted by atomic mass is 9.83. The van der Waals surface area contributed by atoms with Crippen molar-refractivity contribution < 1.29 is 23.1 Å². The number of nitrogens with two attached hydrogens (primary N) is 1. The Morgan fingerprint density at radius 2 is 1.68 bits per heavy atom. The summed E-state index contributed by atoms with van der Waals surface area (Å²) in [5.74, 6) is 0.942. The topological polar surface area (TPSA) is 189 Å². The Bertz CT molecular complexity index is 1440. The maximum Gasteiger partial charge on any atom is 0.409 e. The van der Waals surface area contributed by atoms with Crippen LogP contribution in [0.2, 0.25) is 5.15 Å². The first-order chi connectivity index (χ1) is 19.9. The van der Waals surface area contributed by atoms with Crippen molar-refractivity contribution in [3.63, 3.8) is 0 Å². The number of rotatable bonds is 6. The molecule has 3 fully saturated rings. The highest BCUT2D eigenvalue weighted by Crippen LogP contribution is 2.43. The number of aromatic amines is 1. The van der Waals surface area contributed by atoms with Gasteiger partial charge in [0, 0.05) is 49.9 Å². The lowest BCUT2D eigenvalue weighted by Crippen LogP contribution is -2.46. The van der Waals surface area contributed by atoms with Gasteiger partial charge in [0.05, 0.1) is 12.3 Å². The Labute approximate surface area is 274 Å². The lowest BCUT2D eigenvalue weighted by molar-refractivity contribution is -0.138. The number of guanidine groups is 1. The molecule has 2 aromatic rings. The van der Waals surface area contributed by atoms with Gasteiger partial charge in [0.2, 0.25) is 15.9 Å². The summed E-state index contributed by atoms with van der Waals surface area (Å²) >= 11 is 6.62. The number of nitrogens with zero attached hydrogens (tertiary/aromatic N) is 4. The van der Waals surface area contributed by atoms with E-state index in [0.29, 0.717) is 79.9 Å². The molecule has 2 amide bonds. The molecule has 3 saturated heterocycles. The lowest BCUT2D eigenvalue weighted by Gasteiger charge is -2.35. The first-order valence-corrected chi connectivity index (χ1v) is 16.3. The zero-order valence-electron chi connectivity index (χ0n) is 24.2.